The van der Waals surface area contributed by atoms with Gasteiger partial charge in [-0.3, -0.25) is 0 Å². The molecule has 0 aromatic heterocycles. The minimum atomic E-state index is 0.633. The second kappa shape index (κ2) is 4.49. The molecule has 0 atom stereocenters. The predicted molar refractivity (Wildman–Crippen MR) is 70.6 cm³/mol. The van der Waals surface area contributed by atoms with Gasteiger partial charge in [-0.05, 0) is 37.3 Å². The molecule has 2 rings (SSSR count). The van der Waals surface area contributed by atoms with Gasteiger partial charge in [0, 0.05) is 9.79 Å². The van der Waals surface area contributed by atoms with Gasteiger partial charge in [0.25, 0.3) is 0 Å². The highest BCUT2D eigenvalue weighted by Crippen LogP contribution is 2.30. The van der Waals surface area contributed by atoms with Crippen LogP contribution in [0.15, 0.2) is 52.3 Å². The molecule has 0 saturated carbocycles. The third kappa shape index (κ3) is 2.49. The van der Waals surface area contributed by atoms with E-state index in [1.165, 1.54) is 10.5 Å². The number of nitrogen functional groups attached to an aromatic ring is 2. The van der Waals surface area contributed by atoms with Gasteiger partial charge in [-0.15, -0.1) is 0 Å². The van der Waals surface area contributed by atoms with Crippen LogP contribution in [0, 0.1) is 6.92 Å². The van der Waals surface area contributed by atoms with E-state index in [-0.39, 0.29) is 0 Å². The summed E-state index contributed by atoms with van der Waals surface area (Å²) in [7, 11) is 0. The fraction of sp³-hybridized carbons (Fsp3) is 0.0769. The summed E-state index contributed by atoms with van der Waals surface area (Å²) in [4.78, 5) is 2.32. The summed E-state index contributed by atoms with van der Waals surface area (Å²) in [5.74, 6) is 0. The standard InChI is InChI=1S/C13H14N2S/c1-9-3-2-4-10(7-9)16-11-5-6-12(14)13(15)8-11/h2-8H,14-15H2,1H3. The Balaban J connectivity index is 2.24. The van der Waals surface area contributed by atoms with Crippen LogP contribution in [0.2, 0.25) is 0 Å². The van der Waals surface area contributed by atoms with Gasteiger partial charge in [0.2, 0.25) is 0 Å². The van der Waals surface area contributed by atoms with Crippen molar-refractivity contribution in [2.75, 3.05) is 11.5 Å². The lowest BCUT2D eigenvalue weighted by Gasteiger charge is -2.05. The fourth-order valence-corrected chi connectivity index (χ4v) is 2.42. The number of hydrogen-bond donors (Lipinski definition) is 2. The lowest BCUT2D eigenvalue weighted by atomic mass is 10.2. The summed E-state index contributed by atoms with van der Waals surface area (Å²) in [6.07, 6.45) is 0. The summed E-state index contributed by atoms with van der Waals surface area (Å²) in [6, 6.07) is 14.1. The number of anilines is 2. The zero-order chi connectivity index (χ0) is 11.5. The first-order valence-electron chi connectivity index (χ1n) is 5.04. The summed E-state index contributed by atoms with van der Waals surface area (Å²) in [5, 5.41) is 0. The Kier molecular flexibility index (Phi) is 3.06. The van der Waals surface area contributed by atoms with Gasteiger partial charge in [0.05, 0.1) is 11.4 Å². The molecule has 0 saturated heterocycles. The largest absolute Gasteiger partial charge is 0.397 e. The van der Waals surface area contributed by atoms with Gasteiger partial charge in [-0.2, -0.15) is 0 Å². The maximum absolute atomic E-state index is 5.77. The first-order valence-corrected chi connectivity index (χ1v) is 5.86. The van der Waals surface area contributed by atoms with E-state index in [1.54, 1.807) is 11.8 Å². The number of rotatable bonds is 2. The molecule has 82 valence electrons. The van der Waals surface area contributed by atoms with Gasteiger partial charge in [-0.25, -0.2) is 0 Å². The molecule has 2 nitrogen and oxygen atoms in total. The minimum Gasteiger partial charge on any atom is -0.397 e. The Hall–Kier alpha value is -1.61. The highest BCUT2D eigenvalue weighted by Gasteiger charge is 2.00. The van der Waals surface area contributed by atoms with Crippen molar-refractivity contribution in [3.05, 3.63) is 48.0 Å². The van der Waals surface area contributed by atoms with Crippen LogP contribution in [-0.4, -0.2) is 0 Å². The average molecular weight is 230 g/mol. The molecule has 0 aliphatic carbocycles. The Morgan fingerprint density at radius 1 is 0.875 bits per heavy atom. The van der Waals surface area contributed by atoms with Crippen LogP contribution in [-0.2, 0) is 0 Å². The van der Waals surface area contributed by atoms with Crippen LogP contribution in [0.5, 0.6) is 0 Å². The van der Waals surface area contributed by atoms with Gasteiger partial charge in [0.1, 0.15) is 0 Å². The van der Waals surface area contributed by atoms with E-state index in [1.807, 2.05) is 18.2 Å². The first kappa shape index (κ1) is 10.9. The van der Waals surface area contributed by atoms with Gasteiger partial charge in [0.15, 0.2) is 0 Å². The lowest BCUT2D eigenvalue weighted by molar-refractivity contribution is 1.35. The van der Waals surface area contributed by atoms with E-state index in [0.29, 0.717) is 11.4 Å². The summed E-state index contributed by atoms with van der Waals surface area (Å²) < 4.78 is 0. The van der Waals surface area contributed by atoms with Crippen molar-refractivity contribution in [2.45, 2.75) is 16.7 Å². The van der Waals surface area contributed by atoms with Crippen molar-refractivity contribution >= 4 is 23.1 Å². The normalized spacial score (nSPS) is 10.3. The molecule has 0 bridgehead atoms. The summed E-state index contributed by atoms with van der Waals surface area (Å²) >= 11 is 1.69. The van der Waals surface area contributed by atoms with Crippen LogP contribution in [0.3, 0.4) is 0 Å². The van der Waals surface area contributed by atoms with Gasteiger partial charge >= 0.3 is 0 Å². The molecule has 0 heterocycles. The number of hydrogen-bond acceptors (Lipinski definition) is 3. The second-order valence-corrected chi connectivity index (χ2v) is 4.86. The van der Waals surface area contributed by atoms with Crippen LogP contribution in [0.25, 0.3) is 0 Å². The zero-order valence-electron chi connectivity index (χ0n) is 9.10. The number of aryl methyl sites for hydroxylation is 1. The van der Waals surface area contributed by atoms with E-state index in [0.717, 1.165) is 4.90 Å². The molecule has 2 aromatic rings. The van der Waals surface area contributed by atoms with Crippen LogP contribution in [0.4, 0.5) is 11.4 Å². The third-order valence-corrected chi connectivity index (χ3v) is 3.26. The van der Waals surface area contributed by atoms with Crippen molar-refractivity contribution in [3.8, 4) is 0 Å². The molecular weight excluding hydrogens is 216 g/mol. The Morgan fingerprint density at radius 2 is 1.62 bits per heavy atom. The lowest BCUT2D eigenvalue weighted by Crippen LogP contribution is -1.93. The predicted octanol–water partition coefficient (Wildman–Crippen LogP) is 3.31. The Labute approximate surface area is 99.7 Å². The third-order valence-electron chi connectivity index (χ3n) is 2.28. The Bertz CT molecular complexity index is 509. The van der Waals surface area contributed by atoms with Gasteiger partial charge in [-0.1, -0.05) is 29.5 Å². The van der Waals surface area contributed by atoms with Crippen molar-refractivity contribution in [1.29, 1.82) is 0 Å². The molecular formula is C13H14N2S. The van der Waals surface area contributed by atoms with Gasteiger partial charge < -0.3 is 11.5 Å². The Morgan fingerprint density at radius 3 is 2.31 bits per heavy atom. The van der Waals surface area contributed by atoms with E-state index in [4.69, 9.17) is 11.5 Å². The number of nitrogens with two attached hydrogens (primary N) is 2. The molecule has 16 heavy (non-hydrogen) atoms. The van der Waals surface area contributed by atoms with Crippen LogP contribution >= 0.6 is 11.8 Å². The van der Waals surface area contributed by atoms with E-state index < -0.39 is 0 Å². The topological polar surface area (TPSA) is 52.0 Å². The van der Waals surface area contributed by atoms with Crippen molar-refractivity contribution < 1.29 is 0 Å². The maximum Gasteiger partial charge on any atom is 0.0559 e. The quantitative estimate of drug-likeness (QED) is 0.778. The highest BCUT2D eigenvalue weighted by molar-refractivity contribution is 7.99. The van der Waals surface area contributed by atoms with Crippen LogP contribution in [0.1, 0.15) is 5.56 Å². The number of benzene rings is 2. The van der Waals surface area contributed by atoms with Crippen molar-refractivity contribution in [1.82, 2.24) is 0 Å². The SMILES string of the molecule is Cc1cccc(Sc2ccc(N)c(N)c2)c1. The zero-order valence-corrected chi connectivity index (χ0v) is 9.92. The molecule has 0 amide bonds. The molecule has 0 aliphatic heterocycles. The molecule has 2 aromatic carbocycles. The molecule has 3 heteroatoms. The summed E-state index contributed by atoms with van der Waals surface area (Å²) in [5.41, 5.74) is 14.0. The van der Waals surface area contributed by atoms with Crippen LogP contribution < -0.4 is 11.5 Å². The minimum absolute atomic E-state index is 0.633. The molecule has 4 N–H and O–H groups in total. The van der Waals surface area contributed by atoms with Crippen molar-refractivity contribution in [3.63, 3.8) is 0 Å². The fourth-order valence-electron chi connectivity index (χ4n) is 1.43. The maximum atomic E-state index is 5.77. The molecule has 0 fully saturated rings. The monoisotopic (exact) mass is 230 g/mol. The van der Waals surface area contributed by atoms with E-state index >= 15 is 0 Å². The second-order valence-electron chi connectivity index (χ2n) is 3.71. The van der Waals surface area contributed by atoms with E-state index in [2.05, 4.69) is 31.2 Å². The first-order chi connectivity index (χ1) is 7.65. The van der Waals surface area contributed by atoms with Crippen molar-refractivity contribution in [2.24, 2.45) is 0 Å². The molecule has 0 aliphatic rings. The summed E-state index contributed by atoms with van der Waals surface area (Å²) in [6.45, 7) is 2.08. The molecule has 0 unspecified atom stereocenters. The smallest absolute Gasteiger partial charge is 0.0559 e. The highest BCUT2D eigenvalue weighted by atomic mass is 32.2. The molecule has 0 spiro atoms. The molecule has 0 radical (unpaired) electrons. The average Bonchev–Trinajstić information content (AvgIpc) is 2.24. The van der Waals surface area contributed by atoms with E-state index in [9.17, 15) is 0 Å².